The standard InChI is InChI=1S/C15H28N2O3/c1-12(11-20-3)16-15(19)10-17-8-6-4-5-7-14(17)9-13(2)18/h12,14H,4-11H2,1-3H3,(H,16,19). The molecule has 2 unspecified atom stereocenters. The lowest BCUT2D eigenvalue weighted by molar-refractivity contribution is -0.125. The van der Waals surface area contributed by atoms with Crippen LogP contribution in [0.3, 0.4) is 0 Å². The highest BCUT2D eigenvalue weighted by Gasteiger charge is 2.24. The number of Topliss-reactive ketones (excluding diaryl/α,β-unsaturated/α-hetero) is 1. The largest absolute Gasteiger partial charge is 0.383 e. The number of hydrogen-bond acceptors (Lipinski definition) is 4. The van der Waals surface area contributed by atoms with E-state index >= 15 is 0 Å². The van der Waals surface area contributed by atoms with E-state index < -0.39 is 0 Å². The molecule has 1 saturated heterocycles. The smallest absolute Gasteiger partial charge is 0.234 e. The summed E-state index contributed by atoms with van der Waals surface area (Å²) in [6.07, 6.45) is 5.01. The van der Waals surface area contributed by atoms with E-state index in [-0.39, 0.29) is 23.8 Å². The highest BCUT2D eigenvalue weighted by atomic mass is 16.5. The van der Waals surface area contributed by atoms with Gasteiger partial charge in [-0.05, 0) is 33.2 Å². The van der Waals surface area contributed by atoms with Crippen LogP contribution in [0.25, 0.3) is 0 Å². The summed E-state index contributed by atoms with van der Waals surface area (Å²) in [6, 6.07) is 0.240. The van der Waals surface area contributed by atoms with Gasteiger partial charge in [-0.25, -0.2) is 0 Å². The van der Waals surface area contributed by atoms with Gasteiger partial charge >= 0.3 is 0 Å². The SMILES string of the molecule is COCC(C)NC(=O)CN1CCCCCC1CC(C)=O. The number of carbonyl (C=O) groups excluding carboxylic acids is 2. The highest BCUT2D eigenvalue weighted by Crippen LogP contribution is 2.19. The molecule has 0 aliphatic carbocycles. The fourth-order valence-electron chi connectivity index (χ4n) is 2.80. The molecule has 0 spiro atoms. The van der Waals surface area contributed by atoms with Crippen LogP contribution in [0, 0.1) is 0 Å². The fourth-order valence-corrected chi connectivity index (χ4v) is 2.80. The van der Waals surface area contributed by atoms with Gasteiger partial charge in [0.05, 0.1) is 13.2 Å². The molecule has 116 valence electrons. The maximum Gasteiger partial charge on any atom is 0.234 e. The zero-order valence-electron chi connectivity index (χ0n) is 13.0. The summed E-state index contributed by atoms with van der Waals surface area (Å²) in [5.74, 6) is 0.222. The van der Waals surface area contributed by atoms with E-state index in [1.807, 2.05) is 6.92 Å². The number of ketones is 1. The maximum absolute atomic E-state index is 12.0. The molecule has 1 N–H and O–H groups in total. The van der Waals surface area contributed by atoms with Crippen LogP contribution in [0.4, 0.5) is 0 Å². The molecule has 0 radical (unpaired) electrons. The van der Waals surface area contributed by atoms with Gasteiger partial charge in [-0.1, -0.05) is 12.8 Å². The molecule has 2 atom stereocenters. The van der Waals surface area contributed by atoms with Crippen LogP contribution in [-0.4, -0.2) is 55.5 Å². The van der Waals surface area contributed by atoms with Crippen molar-refractivity contribution in [1.29, 1.82) is 0 Å². The van der Waals surface area contributed by atoms with Crippen molar-refractivity contribution in [3.8, 4) is 0 Å². The number of ether oxygens (including phenoxy) is 1. The molecular formula is C15H28N2O3. The van der Waals surface area contributed by atoms with Crippen molar-refractivity contribution in [3.63, 3.8) is 0 Å². The first-order valence-corrected chi connectivity index (χ1v) is 7.54. The average Bonchev–Trinajstić information content (AvgIpc) is 2.55. The third-order valence-corrected chi connectivity index (χ3v) is 3.69. The molecule has 1 rings (SSSR count). The minimum Gasteiger partial charge on any atom is -0.383 e. The lowest BCUT2D eigenvalue weighted by atomic mass is 10.0. The quantitative estimate of drug-likeness (QED) is 0.767. The molecule has 1 heterocycles. The first-order valence-electron chi connectivity index (χ1n) is 7.54. The molecule has 0 saturated carbocycles. The molecule has 0 aromatic rings. The number of rotatable bonds is 7. The Hall–Kier alpha value is -0.940. The Morgan fingerprint density at radius 2 is 2.10 bits per heavy atom. The number of amides is 1. The topological polar surface area (TPSA) is 58.6 Å². The minimum atomic E-state index is 0.0185. The van der Waals surface area contributed by atoms with E-state index in [9.17, 15) is 9.59 Å². The second kappa shape index (κ2) is 9.08. The minimum absolute atomic E-state index is 0.0185. The zero-order chi connectivity index (χ0) is 15.0. The molecular weight excluding hydrogens is 256 g/mol. The van der Waals surface area contributed by atoms with Crippen LogP contribution in [0.15, 0.2) is 0 Å². The van der Waals surface area contributed by atoms with Gasteiger partial charge in [-0.2, -0.15) is 0 Å². The number of methoxy groups -OCH3 is 1. The van der Waals surface area contributed by atoms with Crippen molar-refractivity contribution in [1.82, 2.24) is 10.2 Å². The Labute approximate surface area is 122 Å². The van der Waals surface area contributed by atoms with Gasteiger partial charge in [0, 0.05) is 25.6 Å². The summed E-state index contributed by atoms with van der Waals surface area (Å²) >= 11 is 0. The Kier molecular flexibility index (Phi) is 7.77. The molecule has 5 heteroatoms. The fraction of sp³-hybridized carbons (Fsp3) is 0.867. The van der Waals surface area contributed by atoms with Gasteiger partial charge in [0.15, 0.2) is 0 Å². The summed E-state index contributed by atoms with van der Waals surface area (Å²) in [5, 5.41) is 2.93. The van der Waals surface area contributed by atoms with Gasteiger partial charge in [0.25, 0.3) is 0 Å². The normalized spacial score (nSPS) is 22.1. The van der Waals surface area contributed by atoms with Crippen molar-refractivity contribution in [2.75, 3.05) is 26.8 Å². The number of nitrogens with zero attached hydrogens (tertiary/aromatic N) is 1. The number of carbonyl (C=O) groups is 2. The summed E-state index contributed by atoms with van der Waals surface area (Å²) in [6.45, 7) is 5.36. The first-order chi connectivity index (χ1) is 9.52. The van der Waals surface area contributed by atoms with Gasteiger partial charge < -0.3 is 10.1 Å². The summed E-state index contributed by atoms with van der Waals surface area (Å²) in [7, 11) is 1.63. The lowest BCUT2D eigenvalue weighted by Crippen LogP contribution is -2.46. The van der Waals surface area contributed by atoms with E-state index in [0.717, 1.165) is 25.8 Å². The van der Waals surface area contributed by atoms with Crippen LogP contribution in [0.5, 0.6) is 0 Å². The van der Waals surface area contributed by atoms with E-state index in [1.54, 1.807) is 14.0 Å². The van der Waals surface area contributed by atoms with Crippen molar-refractivity contribution >= 4 is 11.7 Å². The van der Waals surface area contributed by atoms with Crippen LogP contribution in [0.1, 0.15) is 46.0 Å². The van der Waals surface area contributed by atoms with Gasteiger partial charge in [-0.3, -0.25) is 14.5 Å². The Morgan fingerprint density at radius 3 is 2.75 bits per heavy atom. The third-order valence-electron chi connectivity index (χ3n) is 3.69. The van der Waals surface area contributed by atoms with Crippen molar-refractivity contribution in [2.45, 2.75) is 58.0 Å². The van der Waals surface area contributed by atoms with Crippen LogP contribution in [0.2, 0.25) is 0 Å². The summed E-state index contributed by atoms with van der Waals surface area (Å²) < 4.78 is 5.02. The number of nitrogens with one attached hydrogen (secondary N) is 1. The van der Waals surface area contributed by atoms with Crippen LogP contribution < -0.4 is 5.32 Å². The second-order valence-electron chi connectivity index (χ2n) is 5.80. The van der Waals surface area contributed by atoms with Gasteiger partial charge in [0.2, 0.25) is 5.91 Å². The first kappa shape index (κ1) is 17.1. The highest BCUT2D eigenvalue weighted by molar-refractivity contribution is 5.79. The van der Waals surface area contributed by atoms with Gasteiger partial charge in [-0.15, -0.1) is 0 Å². The van der Waals surface area contributed by atoms with Crippen LogP contribution >= 0.6 is 0 Å². The molecule has 5 nitrogen and oxygen atoms in total. The average molecular weight is 284 g/mol. The Balaban J connectivity index is 2.51. The molecule has 1 aliphatic heterocycles. The Morgan fingerprint density at radius 1 is 1.35 bits per heavy atom. The van der Waals surface area contributed by atoms with E-state index in [1.165, 1.54) is 6.42 Å². The van der Waals surface area contributed by atoms with E-state index in [4.69, 9.17) is 4.74 Å². The van der Waals surface area contributed by atoms with E-state index in [2.05, 4.69) is 10.2 Å². The van der Waals surface area contributed by atoms with Gasteiger partial charge in [0.1, 0.15) is 5.78 Å². The molecule has 0 aromatic carbocycles. The van der Waals surface area contributed by atoms with Crippen molar-refractivity contribution < 1.29 is 14.3 Å². The number of hydrogen-bond donors (Lipinski definition) is 1. The Bertz CT molecular complexity index is 320. The molecule has 0 bridgehead atoms. The molecule has 1 fully saturated rings. The second-order valence-corrected chi connectivity index (χ2v) is 5.80. The summed E-state index contributed by atoms with van der Waals surface area (Å²) in [4.78, 5) is 25.6. The molecule has 20 heavy (non-hydrogen) atoms. The lowest BCUT2D eigenvalue weighted by Gasteiger charge is -2.29. The van der Waals surface area contributed by atoms with Crippen molar-refractivity contribution in [3.05, 3.63) is 0 Å². The predicted octanol–water partition coefficient (Wildman–Crippen LogP) is 1.36. The molecule has 1 amide bonds. The predicted molar refractivity (Wildman–Crippen MR) is 78.6 cm³/mol. The monoisotopic (exact) mass is 284 g/mol. The van der Waals surface area contributed by atoms with Crippen molar-refractivity contribution in [2.24, 2.45) is 0 Å². The van der Waals surface area contributed by atoms with Crippen LogP contribution in [-0.2, 0) is 14.3 Å². The molecule has 1 aliphatic rings. The third kappa shape index (κ3) is 6.48. The molecule has 0 aromatic heterocycles. The van der Waals surface area contributed by atoms with E-state index in [0.29, 0.717) is 19.6 Å². The number of likely N-dealkylation sites (tertiary alicyclic amines) is 1. The zero-order valence-corrected chi connectivity index (χ0v) is 13.0. The summed E-state index contributed by atoms with van der Waals surface area (Å²) in [5.41, 5.74) is 0. The maximum atomic E-state index is 12.0.